The van der Waals surface area contributed by atoms with Gasteiger partial charge >= 0.3 is 0 Å². The predicted octanol–water partition coefficient (Wildman–Crippen LogP) is 3.90. The van der Waals surface area contributed by atoms with Crippen molar-refractivity contribution < 1.29 is 4.79 Å². The van der Waals surface area contributed by atoms with Crippen LogP contribution in [0.25, 0.3) is 0 Å². The first-order valence-corrected chi connectivity index (χ1v) is 9.07. The number of halogens is 1. The molecule has 3 fully saturated rings. The first-order chi connectivity index (χ1) is 11.1. The predicted molar refractivity (Wildman–Crippen MR) is 94.5 cm³/mol. The van der Waals surface area contributed by atoms with Crippen molar-refractivity contribution in [3.63, 3.8) is 0 Å². The molecule has 0 unspecified atom stereocenters. The van der Waals surface area contributed by atoms with Crippen molar-refractivity contribution in [1.82, 2.24) is 5.32 Å². The van der Waals surface area contributed by atoms with Crippen LogP contribution in [0, 0.1) is 6.54 Å². The molecular formula is C19H26ClN2O. The Labute approximate surface area is 144 Å². The van der Waals surface area contributed by atoms with Crippen LogP contribution in [0.4, 0.5) is 0 Å². The maximum Gasteiger partial charge on any atom is 0.251 e. The van der Waals surface area contributed by atoms with E-state index in [2.05, 4.69) is 17.4 Å². The molecule has 125 valence electrons. The molecule has 0 aromatic heterocycles. The lowest BCUT2D eigenvalue weighted by atomic mass is 9.57. The highest BCUT2D eigenvalue weighted by atomic mass is 35.5. The summed E-state index contributed by atoms with van der Waals surface area (Å²) in [6.45, 7) is 2.44. The monoisotopic (exact) mass is 333 g/mol. The van der Waals surface area contributed by atoms with Gasteiger partial charge < -0.3 is 11.1 Å². The lowest BCUT2D eigenvalue weighted by molar-refractivity contribution is 0.0962. The third-order valence-corrected chi connectivity index (χ3v) is 6.27. The molecule has 1 radical (unpaired) electrons. The van der Waals surface area contributed by atoms with Gasteiger partial charge in [-0.3, -0.25) is 4.79 Å². The molecule has 3 N–H and O–H groups in total. The van der Waals surface area contributed by atoms with Crippen molar-refractivity contribution in [2.75, 3.05) is 6.54 Å². The van der Waals surface area contributed by atoms with Gasteiger partial charge in [0.25, 0.3) is 5.91 Å². The van der Waals surface area contributed by atoms with Crippen molar-refractivity contribution in [2.45, 2.75) is 61.7 Å². The summed E-state index contributed by atoms with van der Waals surface area (Å²) in [5.41, 5.74) is 7.82. The van der Waals surface area contributed by atoms with Crippen LogP contribution in [0.2, 0.25) is 0 Å². The highest BCUT2D eigenvalue weighted by Gasteiger charge is 2.48. The maximum absolute atomic E-state index is 12.1. The number of nitrogens with one attached hydrogen (secondary N) is 1. The van der Waals surface area contributed by atoms with Crippen LogP contribution < -0.4 is 11.1 Å². The summed E-state index contributed by atoms with van der Waals surface area (Å²) in [6, 6.07) is 8.18. The van der Waals surface area contributed by atoms with Crippen molar-refractivity contribution in [1.29, 1.82) is 0 Å². The number of hydrogen-bond acceptors (Lipinski definition) is 2. The van der Waals surface area contributed by atoms with E-state index in [-0.39, 0.29) is 10.8 Å². The Balaban J connectivity index is 1.62. The highest BCUT2D eigenvalue weighted by molar-refractivity contribution is 6.24. The van der Waals surface area contributed by atoms with Crippen LogP contribution in [-0.2, 0) is 5.41 Å². The van der Waals surface area contributed by atoms with Crippen LogP contribution >= 0.6 is 11.6 Å². The summed E-state index contributed by atoms with van der Waals surface area (Å²) in [6.07, 6.45) is 8.58. The Morgan fingerprint density at radius 2 is 1.74 bits per heavy atom. The molecule has 0 heterocycles. The topological polar surface area (TPSA) is 55.1 Å². The summed E-state index contributed by atoms with van der Waals surface area (Å²) in [5, 5.41) is 2.83. The third-order valence-electron chi connectivity index (χ3n) is 5.70. The number of rotatable bonds is 6. The van der Waals surface area contributed by atoms with Crippen LogP contribution in [-0.4, -0.2) is 17.3 Å². The summed E-state index contributed by atoms with van der Waals surface area (Å²) in [5.74, 6) is -0.0434. The molecule has 1 aromatic carbocycles. The summed E-state index contributed by atoms with van der Waals surface area (Å²) in [7, 11) is 0. The third kappa shape index (κ3) is 3.56. The van der Waals surface area contributed by atoms with Crippen molar-refractivity contribution in [3.8, 4) is 0 Å². The zero-order valence-electron chi connectivity index (χ0n) is 13.6. The Hall–Kier alpha value is -1.06. The van der Waals surface area contributed by atoms with E-state index in [9.17, 15) is 4.79 Å². The molecule has 4 rings (SSSR count). The van der Waals surface area contributed by atoms with Crippen molar-refractivity contribution in [3.05, 3.63) is 41.9 Å². The van der Waals surface area contributed by atoms with Crippen LogP contribution in [0.5, 0.6) is 0 Å². The Kier molecular flexibility index (Phi) is 4.98. The quantitative estimate of drug-likeness (QED) is 0.612. The molecule has 3 aliphatic carbocycles. The average molecular weight is 334 g/mol. The van der Waals surface area contributed by atoms with Gasteiger partial charge in [0.05, 0.1) is 0 Å². The van der Waals surface area contributed by atoms with Gasteiger partial charge in [0, 0.05) is 17.0 Å². The van der Waals surface area contributed by atoms with E-state index in [0.29, 0.717) is 17.5 Å². The van der Waals surface area contributed by atoms with E-state index >= 15 is 0 Å². The van der Waals surface area contributed by atoms with Gasteiger partial charge in [0.15, 0.2) is 0 Å². The first-order valence-electron chi connectivity index (χ1n) is 8.69. The number of amides is 1. The van der Waals surface area contributed by atoms with E-state index in [4.69, 9.17) is 17.3 Å². The van der Waals surface area contributed by atoms with Crippen molar-refractivity contribution >= 4 is 17.5 Å². The number of hydrogen-bond donors (Lipinski definition) is 2. The molecule has 0 spiro atoms. The number of nitrogens with two attached hydrogens (primary N) is 1. The van der Waals surface area contributed by atoms with Gasteiger partial charge in [-0.15, -0.1) is 11.6 Å². The minimum absolute atomic E-state index is 0.0434. The fourth-order valence-corrected chi connectivity index (χ4v) is 4.30. The average Bonchev–Trinajstić information content (AvgIpc) is 2.60. The molecule has 1 aromatic rings. The fourth-order valence-electron chi connectivity index (χ4n) is 4.02. The van der Waals surface area contributed by atoms with E-state index < -0.39 is 0 Å². The SMILES string of the molecule is NCCC[CH]NC(=O)c1ccc(C23CCC(Cl)(CC2)CC3)cc1. The molecule has 1 amide bonds. The minimum atomic E-state index is -0.0434. The zero-order valence-corrected chi connectivity index (χ0v) is 14.4. The molecule has 2 bridgehead atoms. The van der Waals surface area contributed by atoms with Gasteiger partial charge in [-0.2, -0.15) is 0 Å². The van der Waals surface area contributed by atoms with Crippen molar-refractivity contribution in [2.24, 2.45) is 5.73 Å². The Morgan fingerprint density at radius 1 is 1.13 bits per heavy atom. The van der Waals surface area contributed by atoms with E-state index in [1.54, 1.807) is 6.54 Å². The van der Waals surface area contributed by atoms with Crippen LogP contribution in [0.15, 0.2) is 24.3 Å². The molecular weight excluding hydrogens is 308 g/mol. The minimum Gasteiger partial charge on any atom is -0.347 e. The number of carbonyl (C=O) groups is 1. The Morgan fingerprint density at radius 3 is 2.30 bits per heavy atom. The number of alkyl halides is 1. The molecule has 3 aliphatic rings. The smallest absolute Gasteiger partial charge is 0.251 e. The van der Waals surface area contributed by atoms with Crippen LogP contribution in [0.3, 0.4) is 0 Å². The second-order valence-corrected chi connectivity index (χ2v) is 7.92. The lowest BCUT2D eigenvalue weighted by Crippen LogP contribution is -2.45. The van der Waals surface area contributed by atoms with Gasteiger partial charge in [-0.05, 0) is 81.0 Å². The number of fused-ring (bicyclic) bond motifs is 3. The van der Waals surface area contributed by atoms with Gasteiger partial charge in [-0.25, -0.2) is 0 Å². The maximum atomic E-state index is 12.1. The first kappa shape index (κ1) is 16.8. The molecule has 4 heteroatoms. The van der Waals surface area contributed by atoms with E-state index in [1.165, 1.54) is 24.8 Å². The fraction of sp³-hybridized carbons (Fsp3) is 0.579. The molecule has 0 atom stereocenters. The second kappa shape index (κ2) is 6.82. The van der Waals surface area contributed by atoms with Crippen LogP contribution in [0.1, 0.15) is 67.3 Å². The van der Waals surface area contributed by atoms with Gasteiger partial charge in [0.2, 0.25) is 0 Å². The summed E-state index contributed by atoms with van der Waals surface area (Å²) >= 11 is 6.62. The molecule has 0 saturated heterocycles. The van der Waals surface area contributed by atoms with E-state index in [0.717, 1.165) is 32.1 Å². The molecule has 23 heavy (non-hydrogen) atoms. The lowest BCUT2D eigenvalue weighted by Gasteiger charge is -2.51. The van der Waals surface area contributed by atoms with E-state index in [1.807, 2.05) is 12.1 Å². The standard InChI is InChI=1S/C19H26ClN2O/c20-19-10-7-18(8-11-19,9-12-19)16-5-3-15(4-6-16)17(23)22-14-2-1-13-21/h3-6,14H,1-2,7-13,21H2,(H,22,23). The molecule has 3 saturated carbocycles. The molecule has 0 aliphatic heterocycles. The second-order valence-electron chi connectivity index (χ2n) is 7.12. The molecule has 3 nitrogen and oxygen atoms in total. The largest absolute Gasteiger partial charge is 0.347 e. The summed E-state index contributed by atoms with van der Waals surface area (Å²) < 4.78 is 0. The normalized spacial score (nSPS) is 29.5. The number of carbonyl (C=O) groups excluding carboxylic acids is 1. The highest BCUT2D eigenvalue weighted by Crippen LogP contribution is 2.56. The van der Waals surface area contributed by atoms with Gasteiger partial charge in [-0.1, -0.05) is 12.1 Å². The zero-order chi connectivity index (χ0) is 16.3. The summed E-state index contributed by atoms with van der Waals surface area (Å²) in [4.78, 5) is 12.2. The van der Waals surface area contributed by atoms with Gasteiger partial charge in [0.1, 0.15) is 0 Å². The number of benzene rings is 1. The Bertz CT molecular complexity index is 530. The number of unbranched alkanes of at least 4 members (excludes halogenated alkanes) is 1.